The van der Waals surface area contributed by atoms with Gasteiger partial charge in [-0.15, -0.1) is 0 Å². The maximum absolute atomic E-state index is 15.0. The Balaban J connectivity index is 1.24. The predicted octanol–water partition coefficient (Wildman–Crippen LogP) is 5.12. The second kappa shape index (κ2) is 11.4. The van der Waals surface area contributed by atoms with E-state index in [9.17, 15) is 4.39 Å². The molecule has 11 heteroatoms. The molecule has 1 atom stereocenters. The zero-order valence-electron chi connectivity index (χ0n) is 23.9. The van der Waals surface area contributed by atoms with Crippen LogP contribution in [0.25, 0.3) is 22.3 Å². The molecule has 2 fully saturated rings. The number of hydrogen-bond acceptors (Lipinski definition) is 8. The van der Waals surface area contributed by atoms with Crippen LogP contribution in [-0.4, -0.2) is 80.2 Å². The van der Waals surface area contributed by atoms with Crippen LogP contribution in [0.5, 0.6) is 0 Å². The summed E-state index contributed by atoms with van der Waals surface area (Å²) in [6.45, 7) is 14.8. The van der Waals surface area contributed by atoms with Crippen molar-refractivity contribution >= 4 is 22.8 Å². The highest BCUT2D eigenvalue weighted by Gasteiger charge is 2.35. The monoisotopic (exact) mass is 562 g/mol. The lowest BCUT2D eigenvalue weighted by Gasteiger charge is -2.44. The quantitative estimate of drug-likeness (QED) is 0.317. The minimum Gasteiger partial charge on any atom is -0.381 e. The number of pyridine rings is 1. The van der Waals surface area contributed by atoms with Gasteiger partial charge in [0.25, 0.3) is 0 Å². The fourth-order valence-corrected chi connectivity index (χ4v) is 6.03. The summed E-state index contributed by atoms with van der Waals surface area (Å²) in [6.07, 6.45) is 2.98. The largest absolute Gasteiger partial charge is 0.381 e. The number of hydrogen-bond donors (Lipinski definition) is 1. The van der Waals surface area contributed by atoms with Gasteiger partial charge in [-0.25, -0.2) is 28.7 Å². The van der Waals surface area contributed by atoms with Crippen molar-refractivity contribution in [2.24, 2.45) is 5.92 Å². The number of piperazine rings is 1. The fourth-order valence-electron chi connectivity index (χ4n) is 6.03. The van der Waals surface area contributed by atoms with Gasteiger partial charge in [-0.05, 0) is 51.1 Å². The van der Waals surface area contributed by atoms with Crippen molar-refractivity contribution < 1.29 is 13.5 Å². The van der Waals surface area contributed by atoms with Gasteiger partial charge in [0.15, 0.2) is 11.6 Å². The van der Waals surface area contributed by atoms with Crippen LogP contribution >= 0.6 is 0 Å². The van der Waals surface area contributed by atoms with Crippen molar-refractivity contribution in [1.29, 1.82) is 0 Å². The molecule has 1 unspecified atom stereocenters. The molecule has 3 aromatic heterocycles. The summed E-state index contributed by atoms with van der Waals surface area (Å²) < 4.78 is 37.5. The van der Waals surface area contributed by atoms with Crippen molar-refractivity contribution in [2.75, 3.05) is 51.3 Å². The van der Waals surface area contributed by atoms with Gasteiger partial charge in [-0.1, -0.05) is 13.0 Å². The van der Waals surface area contributed by atoms with Crippen LogP contribution in [0.3, 0.4) is 0 Å². The molecule has 4 aromatic rings. The van der Waals surface area contributed by atoms with Crippen molar-refractivity contribution in [1.82, 2.24) is 34.3 Å². The molecule has 1 aromatic carbocycles. The van der Waals surface area contributed by atoms with Gasteiger partial charge in [0.1, 0.15) is 22.9 Å². The maximum Gasteiger partial charge on any atom is 0.229 e. The standard InChI is InChI=1S/C30H36F2N8O/c1-5-38-8-10-39(11-9-38)29(22-16-41-17-22)20-6-7-26(33-14-20)36-30-34-15-24(32)27(37-30)21-12-23(31)28-25(13-21)40(18(2)3)19(4)35-28/h6-7,12-15,18,22,29H,5,8-11,16-17H2,1-4H3,(H,33,34,36,37). The first-order valence-electron chi connectivity index (χ1n) is 14.3. The van der Waals surface area contributed by atoms with E-state index in [4.69, 9.17) is 4.74 Å². The summed E-state index contributed by atoms with van der Waals surface area (Å²) in [7, 11) is 0. The van der Waals surface area contributed by atoms with Crippen LogP contribution in [-0.2, 0) is 4.74 Å². The highest BCUT2D eigenvalue weighted by molar-refractivity contribution is 5.83. The van der Waals surface area contributed by atoms with E-state index in [0.717, 1.165) is 57.7 Å². The van der Waals surface area contributed by atoms with Gasteiger partial charge < -0.3 is 19.5 Å². The average Bonchev–Trinajstić information content (AvgIpc) is 3.29. The van der Waals surface area contributed by atoms with Crippen LogP contribution in [0.2, 0.25) is 0 Å². The molecular formula is C30H36F2N8O. The number of fused-ring (bicyclic) bond motifs is 1. The molecule has 0 saturated carbocycles. The van der Waals surface area contributed by atoms with E-state index >= 15 is 4.39 Å². The van der Waals surface area contributed by atoms with E-state index in [-0.39, 0.29) is 29.2 Å². The Kier molecular flexibility index (Phi) is 7.67. The van der Waals surface area contributed by atoms with E-state index in [1.165, 1.54) is 6.07 Å². The van der Waals surface area contributed by atoms with Gasteiger partial charge in [0, 0.05) is 55.9 Å². The smallest absolute Gasteiger partial charge is 0.229 e. The van der Waals surface area contributed by atoms with Gasteiger partial charge in [0.05, 0.1) is 24.9 Å². The van der Waals surface area contributed by atoms with Gasteiger partial charge in [-0.3, -0.25) is 4.90 Å². The zero-order chi connectivity index (χ0) is 28.7. The maximum atomic E-state index is 15.0. The molecular weight excluding hydrogens is 526 g/mol. The molecule has 0 radical (unpaired) electrons. The first kappa shape index (κ1) is 27.6. The minimum atomic E-state index is -0.640. The summed E-state index contributed by atoms with van der Waals surface area (Å²) in [4.78, 5) is 22.5. The summed E-state index contributed by atoms with van der Waals surface area (Å²) in [5.74, 6) is 0.698. The Labute approximate surface area is 238 Å². The number of likely N-dealkylation sites (N-methyl/N-ethyl adjacent to an activating group) is 1. The van der Waals surface area contributed by atoms with E-state index in [0.29, 0.717) is 28.6 Å². The van der Waals surface area contributed by atoms with Crippen LogP contribution < -0.4 is 5.32 Å². The van der Waals surface area contributed by atoms with Crippen LogP contribution in [0.15, 0.2) is 36.7 Å². The number of benzene rings is 1. The zero-order valence-corrected chi connectivity index (χ0v) is 23.9. The molecule has 216 valence electrons. The van der Waals surface area contributed by atoms with Crippen molar-refractivity contribution in [3.05, 3.63) is 59.7 Å². The Morgan fingerprint density at radius 2 is 1.78 bits per heavy atom. The number of aromatic nitrogens is 5. The van der Waals surface area contributed by atoms with E-state index in [2.05, 4.69) is 48.0 Å². The Bertz CT molecular complexity index is 1530. The third-order valence-electron chi connectivity index (χ3n) is 8.18. The first-order valence-corrected chi connectivity index (χ1v) is 14.3. The number of anilines is 2. The van der Waals surface area contributed by atoms with E-state index in [1.54, 1.807) is 6.07 Å². The van der Waals surface area contributed by atoms with Gasteiger partial charge >= 0.3 is 0 Å². The number of nitrogens with zero attached hydrogens (tertiary/aromatic N) is 7. The fraction of sp³-hybridized carbons (Fsp3) is 0.467. The molecule has 9 nitrogen and oxygen atoms in total. The highest BCUT2D eigenvalue weighted by Crippen LogP contribution is 2.35. The predicted molar refractivity (Wildman–Crippen MR) is 154 cm³/mol. The lowest BCUT2D eigenvalue weighted by atomic mass is 9.90. The highest BCUT2D eigenvalue weighted by atomic mass is 19.1. The Morgan fingerprint density at radius 1 is 1.00 bits per heavy atom. The summed E-state index contributed by atoms with van der Waals surface area (Å²) >= 11 is 0. The van der Waals surface area contributed by atoms with Crippen LogP contribution in [0.4, 0.5) is 20.5 Å². The van der Waals surface area contributed by atoms with Crippen molar-refractivity contribution in [3.8, 4) is 11.3 Å². The normalized spacial score (nSPS) is 17.7. The van der Waals surface area contributed by atoms with Crippen molar-refractivity contribution in [2.45, 2.75) is 39.8 Å². The second-order valence-electron chi connectivity index (χ2n) is 11.2. The van der Waals surface area contributed by atoms with Gasteiger partial charge in [0.2, 0.25) is 5.95 Å². The number of halogens is 2. The molecule has 5 heterocycles. The van der Waals surface area contributed by atoms with E-state index < -0.39 is 11.6 Å². The third-order valence-corrected chi connectivity index (χ3v) is 8.18. The summed E-state index contributed by atoms with van der Waals surface area (Å²) in [5.41, 5.74) is 2.33. The second-order valence-corrected chi connectivity index (χ2v) is 11.2. The van der Waals surface area contributed by atoms with Crippen molar-refractivity contribution in [3.63, 3.8) is 0 Å². The number of rotatable bonds is 8. The van der Waals surface area contributed by atoms with Gasteiger partial charge in [-0.2, -0.15) is 0 Å². The number of aryl methyl sites for hydroxylation is 1. The SMILES string of the molecule is CCN1CCN(C(c2ccc(Nc3ncc(F)c(-c4cc(F)c5nc(C)n(C(C)C)c5c4)n3)nc2)C2COC2)CC1. The molecule has 0 amide bonds. The molecule has 2 aliphatic rings. The lowest BCUT2D eigenvalue weighted by molar-refractivity contribution is -0.0824. The average molecular weight is 563 g/mol. The van der Waals surface area contributed by atoms with E-state index in [1.807, 2.05) is 37.6 Å². The minimum absolute atomic E-state index is 0.00495. The van der Waals surface area contributed by atoms with Crippen LogP contribution in [0.1, 0.15) is 44.2 Å². The first-order chi connectivity index (χ1) is 19.8. The number of ether oxygens (including phenoxy) is 1. The number of imidazole rings is 1. The Hall–Kier alpha value is -3.54. The third kappa shape index (κ3) is 5.41. The number of nitrogens with one attached hydrogen (secondary N) is 1. The molecule has 2 aliphatic heterocycles. The lowest BCUT2D eigenvalue weighted by Crippen LogP contribution is -2.51. The summed E-state index contributed by atoms with van der Waals surface area (Å²) in [5, 5.41) is 3.09. The molecule has 0 spiro atoms. The molecule has 41 heavy (non-hydrogen) atoms. The molecule has 1 N–H and O–H groups in total. The topological polar surface area (TPSA) is 84.2 Å². The summed E-state index contributed by atoms with van der Waals surface area (Å²) in [6, 6.07) is 7.29. The molecule has 0 bridgehead atoms. The molecule has 6 rings (SSSR count). The molecule has 0 aliphatic carbocycles. The van der Waals surface area contributed by atoms with Crippen LogP contribution in [0, 0.1) is 24.5 Å². The molecule has 2 saturated heterocycles. The Morgan fingerprint density at radius 3 is 2.41 bits per heavy atom.